The van der Waals surface area contributed by atoms with E-state index >= 15 is 0 Å². The first-order valence-corrected chi connectivity index (χ1v) is 4.34. The largest absolute Gasteiger partial charge is 0.497 e. The minimum atomic E-state index is 0.259. The Morgan fingerprint density at radius 3 is 2.86 bits per heavy atom. The second-order valence-electron chi connectivity index (χ2n) is 2.79. The summed E-state index contributed by atoms with van der Waals surface area (Å²) < 4.78 is 10.2. The summed E-state index contributed by atoms with van der Waals surface area (Å²) in [6.07, 6.45) is 0.642. The van der Waals surface area contributed by atoms with E-state index in [2.05, 4.69) is 0 Å². The van der Waals surface area contributed by atoms with Crippen molar-refractivity contribution in [2.24, 2.45) is 0 Å². The summed E-state index contributed by atoms with van der Waals surface area (Å²) in [4.78, 5) is 10.5. The monoisotopic (exact) mass is 210 g/mol. The van der Waals surface area contributed by atoms with Gasteiger partial charge in [-0.2, -0.15) is 0 Å². The van der Waals surface area contributed by atoms with Gasteiger partial charge in [0.1, 0.15) is 5.75 Å². The first-order valence-electron chi connectivity index (χ1n) is 3.97. The molecule has 0 atom stereocenters. The molecule has 0 spiro atoms. The van der Waals surface area contributed by atoms with Gasteiger partial charge in [0.05, 0.1) is 12.1 Å². The van der Waals surface area contributed by atoms with E-state index < -0.39 is 0 Å². The molecular weight excluding hydrogens is 204 g/mol. The predicted octanol–water partition coefficient (Wildman–Crippen LogP) is 2.91. The summed E-state index contributed by atoms with van der Waals surface area (Å²) in [6.45, 7) is 0. The molecule has 0 saturated heterocycles. The molecule has 1 heterocycles. The lowest BCUT2D eigenvalue weighted by Crippen LogP contribution is -1.81. The molecule has 72 valence electrons. The van der Waals surface area contributed by atoms with Crippen molar-refractivity contribution >= 4 is 28.9 Å². The van der Waals surface area contributed by atoms with Crippen LogP contribution in [0.15, 0.2) is 22.6 Å². The third-order valence-electron chi connectivity index (χ3n) is 1.92. The van der Waals surface area contributed by atoms with Crippen molar-refractivity contribution in [2.45, 2.75) is 0 Å². The predicted molar refractivity (Wildman–Crippen MR) is 53.2 cm³/mol. The fraction of sp³-hybridized carbons (Fsp3) is 0.100. The van der Waals surface area contributed by atoms with Crippen LogP contribution in [-0.4, -0.2) is 13.4 Å². The van der Waals surface area contributed by atoms with Gasteiger partial charge in [-0.25, -0.2) is 0 Å². The van der Waals surface area contributed by atoms with Crippen LogP contribution in [0.4, 0.5) is 0 Å². The number of rotatable bonds is 2. The molecule has 4 heteroatoms. The second-order valence-corrected chi connectivity index (χ2v) is 3.20. The number of methoxy groups -OCH3 is 1. The highest BCUT2D eigenvalue weighted by atomic mass is 35.5. The number of ether oxygens (including phenoxy) is 1. The minimum absolute atomic E-state index is 0.259. The third kappa shape index (κ3) is 1.36. The number of benzene rings is 1. The van der Waals surface area contributed by atoms with Gasteiger partial charge in [0, 0.05) is 11.5 Å². The van der Waals surface area contributed by atoms with E-state index in [1.807, 2.05) is 0 Å². The minimum Gasteiger partial charge on any atom is -0.497 e. The van der Waals surface area contributed by atoms with Gasteiger partial charge in [0.25, 0.3) is 0 Å². The van der Waals surface area contributed by atoms with Crippen LogP contribution in [0.2, 0.25) is 5.02 Å². The highest BCUT2D eigenvalue weighted by Gasteiger charge is 2.08. The molecule has 2 rings (SSSR count). The summed E-state index contributed by atoms with van der Waals surface area (Å²) in [5, 5.41) is 1.20. The molecule has 1 aromatic carbocycles. The lowest BCUT2D eigenvalue weighted by molar-refractivity contribution is 0.110. The summed E-state index contributed by atoms with van der Waals surface area (Å²) in [5.74, 6) is 0.899. The lowest BCUT2D eigenvalue weighted by Gasteiger charge is -1.99. The number of hydrogen-bond acceptors (Lipinski definition) is 3. The maximum atomic E-state index is 10.5. The normalized spacial score (nSPS) is 10.4. The van der Waals surface area contributed by atoms with E-state index in [-0.39, 0.29) is 5.76 Å². The Labute approximate surface area is 85.2 Å². The number of halogens is 1. The zero-order valence-electron chi connectivity index (χ0n) is 7.41. The maximum Gasteiger partial charge on any atom is 0.185 e. The Hall–Kier alpha value is -1.48. The van der Waals surface area contributed by atoms with Crippen LogP contribution in [0.1, 0.15) is 10.6 Å². The SMILES string of the molecule is COc1cc(Cl)c2oc(C=O)cc2c1. The molecule has 2 aromatic rings. The van der Waals surface area contributed by atoms with Gasteiger partial charge < -0.3 is 9.15 Å². The van der Waals surface area contributed by atoms with E-state index in [0.29, 0.717) is 22.6 Å². The van der Waals surface area contributed by atoms with Crippen molar-refractivity contribution in [3.8, 4) is 5.75 Å². The maximum absolute atomic E-state index is 10.5. The van der Waals surface area contributed by atoms with E-state index in [0.717, 1.165) is 5.39 Å². The Bertz CT molecular complexity index is 487. The Balaban J connectivity index is 2.73. The van der Waals surface area contributed by atoms with Crippen molar-refractivity contribution in [2.75, 3.05) is 7.11 Å². The fourth-order valence-electron chi connectivity index (χ4n) is 1.28. The van der Waals surface area contributed by atoms with Gasteiger partial charge in [0.2, 0.25) is 0 Å². The zero-order valence-corrected chi connectivity index (χ0v) is 8.17. The smallest absolute Gasteiger partial charge is 0.185 e. The van der Waals surface area contributed by atoms with E-state index in [1.54, 1.807) is 25.3 Å². The number of hydrogen-bond donors (Lipinski definition) is 0. The highest BCUT2D eigenvalue weighted by molar-refractivity contribution is 6.35. The van der Waals surface area contributed by atoms with E-state index in [1.165, 1.54) is 0 Å². The van der Waals surface area contributed by atoms with Crippen LogP contribution < -0.4 is 4.74 Å². The van der Waals surface area contributed by atoms with Gasteiger partial charge in [0.15, 0.2) is 17.6 Å². The van der Waals surface area contributed by atoms with Crippen LogP contribution in [0, 0.1) is 0 Å². The van der Waals surface area contributed by atoms with E-state index in [9.17, 15) is 4.79 Å². The molecule has 0 saturated carbocycles. The Morgan fingerprint density at radius 2 is 2.21 bits per heavy atom. The summed E-state index contributed by atoms with van der Waals surface area (Å²) in [5.41, 5.74) is 0.509. The summed E-state index contributed by atoms with van der Waals surface area (Å²) >= 11 is 5.92. The standard InChI is InChI=1S/C10H7ClO3/c1-13-7-2-6-3-8(5-12)14-10(6)9(11)4-7/h2-5H,1H3. The molecule has 1 aromatic heterocycles. The van der Waals surface area contributed by atoms with Gasteiger partial charge in [-0.3, -0.25) is 4.79 Å². The number of carbonyl (C=O) groups excluding carboxylic acids is 1. The number of fused-ring (bicyclic) bond motifs is 1. The van der Waals surface area contributed by atoms with Crippen LogP contribution in [0.3, 0.4) is 0 Å². The molecule has 0 N–H and O–H groups in total. The average molecular weight is 211 g/mol. The molecule has 0 unspecified atom stereocenters. The van der Waals surface area contributed by atoms with Gasteiger partial charge in [-0.1, -0.05) is 11.6 Å². The molecule has 14 heavy (non-hydrogen) atoms. The molecule has 0 radical (unpaired) electrons. The molecule has 0 aliphatic heterocycles. The molecule has 0 aliphatic carbocycles. The molecule has 0 bridgehead atoms. The zero-order chi connectivity index (χ0) is 10.1. The quantitative estimate of drug-likeness (QED) is 0.716. The average Bonchev–Trinajstić information content (AvgIpc) is 2.61. The first kappa shape index (κ1) is 9.09. The Kier molecular flexibility index (Phi) is 2.17. The lowest BCUT2D eigenvalue weighted by atomic mass is 10.2. The third-order valence-corrected chi connectivity index (χ3v) is 2.20. The van der Waals surface area contributed by atoms with Crippen molar-refractivity contribution in [1.29, 1.82) is 0 Å². The molecule has 0 fully saturated rings. The van der Waals surface area contributed by atoms with Gasteiger partial charge in [-0.15, -0.1) is 0 Å². The van der Waals surface area contributed by atoms with E-state index in [4.69, 9.17) is 20.8 Å². The van der Waals surface area contributed by atoms with Crippen molar-refractivity contribution in [3.63, 3.8) is 0 Å². The van der Waals surface area contributed by atoms with Crippen molar-refractivity contribution < 1.29 is 13.9 Å². The highest BCUT2D eigenvalue weighted by Crippen LogP contribution is 2.30. The summed E-state index contributed by atoms with van der Waals surface area (Å²) in [6, 6.07) is 5.02. The Morgan fingerprint density at radius 1 is 1.43 bits per heavy atom. The number of carbonyl (C=O) groups is 1. The van der Waals surface area contributed by atoms with Crippen molar-refractivity contribution in [3.05, 3.63) is 29.0 Å². The summed E-state index contributed by atoms with van der Waals surface area (Å²) in [7, 11) is 1.55. The van der Waals surface area contributed by atoms with Crippen LogP contribution in [0.25, 0.3) is 11.0 Å². The van der Waals surface area contributed by atoms with Gasteiger partial charge >= 0.3 is 0 Å². The van der Waals surface area contributed by atoms with Crippen molar-refractivity contribution in [1.82, 2.24) is 0 Å². The van der Waals surface area contributed by atoms with Gasteiger partial charge in [-0.05, 0) is 12.1 Å². The van der Waals surface area contributed by atoms with Crippen LogP contribution in [0.5, 0.6) is 5.75 Å². The molecular formula is C10H7ClO3. The topological polar surface area (TPSA) is 39.4 Å². The number of aldehydes is 1. The second kappa shape index (κ2) is 3.35. The van der Waals surface area contributed by atoms with Crippen LogP contribution >= 0.6 is 11.6 Å². The molecule has 0 amide bonds. The number of furan rings is 1. The van der Waals surface area contributed by atoms with Crippen LogP contribution in [-0.2, 0) is 0 Å². The first-order chi connectivity index (χ1) is 6.74. The molecule has 3 nitrogen and oxygen atoms in total. The molecule has 0 aliphatic rings. The fourth-order valence-corrected chi connectivity index (χ4v) is 1.54.